The highest BCUT2D eigenvalue weighted by molar-refractivity contribution is 7.93. The highest BCUT2D eigenvalue weighted by Crippen LogP contribution is 2.25. The molecule has 1 rings (SSSR count). The van der Waals surface area contributed by atoms with Crippen LogP contribution in [0.25, 0.3) is 0 Å². The van der Waals surface area contributed by atoms with Gasteiger partial charge in [0.1, 0.15) is 0 Å². The van der Waals surface area contributed by atoms with Crippen LogP contribution in [0, 0.1) is 0 Å². The van der Waals surface area contributed by atoms with Crippen LogP contribution < -0.4 is 4.72 Å². The normalized spacial score (nSPS) is 12.2. The molecule has 0 heterocycles. The van der Waals surface area contributed by atoms with Gasteiger partial charge >= 0.3 is 15.5 Å². The molecule has 0 aliphatic heterocycles. The number of halogens is 3. The third-order valence-electron chi connectivity index (χ3n) is 2.06. The number of rotatable bonds is 4. The largest absolute Gasteiger partial charge is 0.516 e. The lowest BCUT2D eigenvalue weighted by molar-refractivity contribution is -0.0429. The van der Waals surface area contributed by atoms with E-state index >= 15 is 0 Å². The van der Waals surface area contributed by atoms with Crippen molar-refractivity contribution in [2.45, 2.75) is 18.9 Å². The zero-order chi connectivity index (χ0) is 14.0. The second-order valence-corrected chi connectivity index (χ2v) is 5.08. The first kappa shape index (κ1) is 14.5. The maximum absolute atomic E-state index is 12.1. The SMILES string of the molecule is CCC(=O)c1cccc(NS(=O)(=O)C(F)(F)F)c1. The summed E-state index contributed by atoms with van der Waals surface area (Å²) in [5.41, 5.74) is -5.54. The van der Waals surface area contributed by atoms with Gasteiger partial charge in [-0.3, -0.25) is 9.52 Å². The molecule has 1 aromatic rings. The lowest BCUT2D eigenvalue weighted by Gasteiger charge is -2.11. The minimum absolute atomic E-state index is 0.153. The van der Waals surface area contributed by atoms with Gasteiger partial charge < -0.3 is 0 Å². The van der Waals surface area contributed by atoms with Crippen LogP contribution in [-0.2, 0) is 10.0 Å². The molecule has 0 saturated carbocycles. The smallest absolute Gasteiger partial charge is 0.294 e. The number of benzene rings is 1. The Morgan fingerprint density at radius 3 is 2.44 bits per heavy atom. The van der Waals surface area contributed by atoms with E-state index in [4.69, 9.17) is 0 Å². The van der Waals surface area contributed by atoms with Gasteiger partial charge in [-0.05, 0) is 12.1 Å². The van der Waals surface area contributed by atoms with Crippen molar-refractivity contribution < 1.29 is 26.4 Å². The highest BCUT2D eigenvalue weighted by atomic mass is 32.2. The molecule has 0 spiro atoms. The summed E-state index contributed by atoms with van der Waals surface area (Å²) in [7, 11) is -5.46. The molecule has 0 unspecified atom stereocenters. The highest BCUT2D eigenvalue weighted by Gasteiger charge is 2.46. The van der Waals surface area contributed by atoms with E-state index < -0.39 is 15.5 Å². The van der Waals surface area contributed by atoms with Gasteiger partial charge in [-0.25, -0.2) is 0 Å². The van der Waals surface area contributed by atoms with E-state index in [1.807, 2.05) is 0 Å². The first-order chi connectivity index (χ1) is 8.17. The fourth-order valence-corrected chi connectivity index (χ4v) is 1.73. The number of carbonyl (C=O) groups is 1. The summed E-state index contributed by atoms with van der Waals surface area (Å²) in [6.07, 6.45) is 0.176. The van der Waals surface area contributed by atoms with E-state index in [0.717, 1.165) is 12.1 Å². The third-order valence-corrected chi connectivity index (χ3v) is 3.18. The van der Waals surface area contributed by atoms with Gasteiger partial charge in [-0.1, -0.05) is 19.1 Å². The van der Waals surface area contributed by atoms with Gasteiger partial charge in [0, 0.05) is 17.7 Å². The number of nitrogens with one attached hydrogen (secondary N) is 1. The maximum atomic E-state index is 12.1. The number of hydrogen-bond acceptors (Lipinski definition) is 3. The van der Waals surface area contributed by atoms with Gasteiger partial charge in [0.15, 0.2) is 5.78 Å². The molecular weight excluding hydrogens is 271 g/mol. The number of Topliss-reactive ketones (excluding diaryl/α,β-unsaturated/α-hetero) is 1. The molecule has 4 nitrogen and oxygen atoms in total. The zero-order valence-electron chi connectivity index (χ0n) is 9.28. The Balaban J connectivity index is 3.04. The summed E-state index contributed by atoms with van der Waals surface area (Å²) >= 11 is 0. The molecule has 0 radical (unpaired) electrons. The number of alkyl halides is 3. The number of sulfonamides is 1. The van der Waals surface area contributed by atoms with Crippen molar-refractivity contribution in [1.82, 2.24) is 0 Å². The van der Waals surface area contributed by atoms with Crippen LogP contribution in [0.3, 0.4) is 0 Å². The van der Waals surface area contributed by atoms with Crippen molar-refractivity contribution in [3.63, 3.8) is 0 Å². The summed E-state index contributed by atoms with van der Waals surface area (Å²) in [5, 5.41) is 0. The Kier molecular flexibility index (Phi) is 4.00. The standard InChI is InChI=1S/C10H10F3NO3S/c1-2-9(15)7-4-3-5-8(6-7)14-18(16,17)10(11,12)13/h3-6,14H,2H2,1H3. The first-order valence-corrected chi connectivity index (χ1v) is 6.38. The topological polar surface area (TPSA) is 63.2 Å². The molecule has 0 aromatic heterocycles. The molecule has 0 saturated heterocycles. The number of ketones is 1. The molecule has 0 amide bonds. The molecule has 0 fully saturated rings. The molecule has 100 valence electrons. The lowest BCUT2D eigenvalue weighted by Crippen LogP contribution is -2.29. The van der Waals surface area contributed by atoms with Crippen molar-refractivity contribution in [3.8, 4) is 0 Å². The minimum Gasteiger partial charge on any atom is -0.294 e. The van der Waals surface area contributed by atoms with Crippen molar-refractivity contribution in [2.75, 3.05) is 4.72 Å². The third kappa shape index (κ3) is 3.22. The average molecular weight is 281 g/mol. The molecule has 8 heteroatoms. The van der Waals surface area contributed by atoms with Crippen LogP contribution >= 0.6 is 0 Å². The summed E-state index contributed by atoms with van der Waals surface area (Å²) in [4.78, 5) is 11.3. The fourth-order valence-electron chi connectivity index (χ4n) is 1.17. The van der Waals surface area contributed by atoms with Crippen LogP contribution in [0.1, 0.15) is 23.7 Å². The van der Waals surface area contributed by atoms with Crippen LogP contribution in [0.15, 0.2) is 24.3 Å². The Bertz CT molecular complexity index is 552. The second-order valence-electron chi connectivity index (χ2n) is 3.41. The van der Waals surface area contributed by atoms with E-state index in [9.17, 15) is 26.4 Å². The Hall–Kier alpha value is -1.57. The predicted octanol–water partition coefficient (Wildman–Crippen LogP) is 2.54. The molecule has 0 aliphatic rings. The second kappa shape index (κ2) is 4.97. The molecule has 0 bridgehead atoms. The summed E-state index contributed by atoms with van der Waals surface area (Å²) in [6, 6.07) is 4.90. The van der Waals surface area contributed by atoms with Crippen LogP contribution in [0.2, 0.25) is 0 Å². The summed E-state index contributed by atoms with van der Waals surface area (Å²) in [5.74, 6) is -0.289. The maximum Gasteiger partial charge on any atom is 0.516 e. The Labute approximate surface area is 102 Å². The molecule has 1 aromatic carbocycles. The first-order valence-electron chi connectivity index (χ1n) is 4.89. The summed E-state index contributed by atoms with van der Waals surface area (Å²) in [6.45, 7) is 1.59. The van der Waals surface area contributed by atoms with Gasteiger partial charge in [0.05, 0.1) is 0 Å². The fraction of sp³-hybridized carbons (Fsp3) is 0.300. The number of hydrogen-bond donors (Lipinski definition) is 1. The van der Waals surface area contributed by atoms with E-state index in [2.05, 4.69) is 0 Å². The zero-order valence-corrected chi connectivity index (χ0v) is 10.1. The number of carbonyl (C=O) groups excluding carboxylic acids is 1. The van der Waals surface area contributed by atoms with Gasteiger partial charge in [-0.2, -0.15) is 21.6 Å². The lowest BCUT2D eigenvalue weighted by atomic mass is 10.1. The molecule has 0 atom stereocenters. The van der Waals surface area contributed by atoms with E-state index in [-0.39, 0.29) is 23.5 Å². The van der Waals surface area contributed by atoms with Gasteiger partial charge in [0.25, 0.3) is 0 Å². The average Bonchev–Trinajstić information content (AvgIpc) is 2.26. The van der Waals surface area contributed by atoms with Gasteiger partial charge in [0.2, 0.25) is 0 Å². The van der Waals surface area contributed by atoms with Crippen LogP contribution in [-0.4, -0.2) is 19.7 Å². The van der Waals surface area contributed by atoms with Gasteiger partial charge in [-0.15, -0.1) is 0 Å². The van der Waals surface area contributed by atoms with Crippen LogP contribution in [0.5, 0.6) is 0 Å². The monoisotopic (exact) mass is 281 g/mol. The van der Waals surface area contributed by atoms with Crippen molar-refractivity contribution >= 4 is 21.5 Å². The molecule has 0 aliphatic carbocycles. The van der Waals surface area contributed by atoms with Crippen molar-refractivity contribution in [2.24, 2.45) is 0 Å². The minimum atomic E-state index is -5.46. The molecule has 1 N–H and O–H groups in total. The van der Waals surface area contributed by atoms with E-state index in [1.54, 1.807) is 6.92 Å². The Morgan fingerprint density at radius 1 is 1.33 bits per heavy atom. The molecule has 18 heavy (non-hydrogen) atoms. The van der Waals surface area contributed by atoms with E-state index in [0.29, 0.717) is 0 Å². The number of anilines is 1. The quantitative estimate of drug-likeness (QED) is 0.863. The molecular formula is C10H10F3NO3S. The van der Waals surface area contributed by atoms with Crippen molar-refractivity contribution in [1.29, 1.82) is 0 Å². The summed E-state index contributed by atoms with van der Waals surface area (Å²) < 4.78 is 59.5. The van der Waals surface area contributed by atoms with Crippen LogP contribution in [0.4, 0.5) is 18.9 Å². The Morgan fingerprint density at radius 2 is 1.94 bits per heavy atom. The predicted molar refractivity (Wildman–Crippen MR) is 59.7 cm³/mol. The van der Waals surface area contributed by atoms with Crippen molar-refractivity contribution in [3.05, 3.63) is 29.8 Å². The van der Waals surface area contributed by atoms with E-state index in [1.165, 1.54) is 16.9 Å².